The van der Waals surface area contributed by atoms with Crippen molar-refractivity contribution in [2.24, 2.45) is 0 Å². The third kappa shape index (κ3) is 3.38. The third-order valence-corrected chi connectivity index (χ3v) is 4.75. The largest absolute Gasteiger partial charge is 0.442 e. The van der Waals surface area contributed by atoms with Crippen LogP contribution >= 0.6 is 0 Å². The van der Waals surface area contributed by atoms with Crippen molar-refractivity contribution in [1.29, 1.82) is 0 Å². The van der Waals surface area contributed by atoms with Crippen molar-refractivity contribution in [3.63, 3.8) is 0 Å². The summed E-state index contributed by atoms with van der Waals surface area (Å²) < 4.78 is 5.41. The smallest absolute Gasteiger partial charge is 0.414 e. The summed E-state index contributed by atoms with van der Waals surface area (Å²) >= 11 is 0. The van der Waals surface area contributed by atoms with E-state index < -0.39 is 12.2 Å². The lowest BCUT2D eigenvalue weighted by molar-refractivity contribution is -0.121. The van der Waals surface area contributed by atoms with E-state index in [1.54, 1.807) is 16.7 Å². The summed E-state index contributed by atoms with van der Waals surface area (Å²) in [7, 11) is 0. The van der Waals surface area contributed by atoms with E-state index in [2.05, 4.69) is 5.32 Å². The minimum atomic E-state index is -0.448. The third-order valence-electron chi connectivity index (χ3n) is 4.75. The minimum Gasteiger partial charge on any atom is -0.442 e. The fourth-order valence-electron chi connectivity index (χ4n) is 3.49. The van der Waals surface area contributed by atoms with Gasteiger partial charge in [-0.05, 0) is 31.9 Å². The van der Waals surface area contributed by atoms with Crippen molar-refractivity contribution < 1.29 is 19.1 Å². The van der Waals surface area contributed by atoms with Gasteiger partial charge in [-0.1, -0.05) is 19.1 Å². The van der Waals surface area contributed by atoms with Crippen LogP contribution in [0, 0.1) is 0 Å². The van der Waals surface area contributed by atoms with Crippen molar-refractivity contribution in [3.05, 3.63) is 23.8 Å². The predicted molar refractivity (Wildman–Crippen MR) is 98.3 cm³/mol. The first-order chi connectivity index (χ1) is 12.4. The maximum Gasteiger partial charge on any atom is 0.414 e. The Hall–Kier alpha value is -2.57. The molecular formula is C19H25N3O4. The molecule has 0 spiro atoms. The van der Waals surface area contributed by atoms with Gasteiger partial charge in [0.2, 0.25) is 11.8 Å². The van der Waals surface area contributed by atoms with Crippen LogP contribution in [0.5, 0.6) is 0 Å². The van der Waals surface area contributed by atoms with Gasteiger partial charge in [-0.3, -0.25) is 14.5 Å². The molecule has 7 nitrogen and oxygen atoms in total. The van der Waals surface area contributed by atoms with E-state index in [4.69, 9.17) is 4.74 Å². The molecule has 140 valence electrons. The highest BCUT2D eigenvalue weighted by Gasteiger charge is 2.37. The summed E-state index contributed by atoms with van der Waals surface area (Å²) in [6.45, 7) is 6.34. The molecule has 1 saturated heterocycles. The second-order valence-corrected chi connectivity index (χ2v) is 6.92. The number of fused-ring (bicyclic) bond motifs is 1. The average Bonchev–Trinajstić information content (AvgIpc) is 2.99. The Morgan fingerprint density at radius 3 is 2.77 bits per heavy atom. The molecule has 0 aliphatic carbocycles. The van der Waals surface area contributed by atoms with E-state index in [1.165, 1.54) is 0 Å². The molecule has 2 aliphatic rings. The normalized spacial score (nSPS) is 19.6. The first-order valence-electron chi connectivity index (χ1n) is 9.11. The number of anilines is 2. The number of ether oxygens (including phenoxy) is 1. The first kappa shape index (κ1) is 18.2. The summed E-state index contributed by atoms with van der Waals surface area (Å²) in [5.41, 5.74) is 2.55. The lowest BCUT2D eigenvalue weighted by Gasteiger charge is -2.35. The highest BCUT2D eigenvalue weighted by Crippen LogP contribution is 2.39. The lowest BCUT2D eigenvalue weighted by Crippen LogP contribution is -2.42. The molecule has 1 fully saturated rings. The van der Waals surface area contributed by atoms with E-state index in [0.717, 1.165) is 11.3 Å². The van der Waals surface area contributed by atoms with Gasteiger partial charge in [-0.2, -0.15) is 0 Å². The number of para-hydroxylation sites is 1. The van der Waals surface area contributed by atoms with Gasteiger partial charge in [0.1, 0.15) is 6.10 Å². The van der Waals surface area contributed by atoms with Crippen molar-refractivity contribution >= 4 is 29.3 Å². The van der Waals surface area contributed by atoms with Gasteiger partial charge < -0.3 is 15.0 Å². The number of nitrogens with zero attached hydrogens (tertiary/aromatic N) is 2. The van der Waals surface area contributed by atoms with Crippen LogP contribution in [-0.4, -0.2) is 43.1 Å². The van der Waals surface area contributed by atoms with Crippen molar-refractivity contribution in [2.75, 3.05) is 22.9 Å². The fourth-order valence-corrected chi connectivity index (χ4v) is 3.49. The zero-order valence-electron chi connectivity index (χ0n) is 15.4. The molecule has 1 atom stereocenters. The Morgan fingerprint density at radius 1 is 1.31 bits per heavy atom. The molecule has 0 bridgehead atoms. The molecule has 1 N–H and O–H groups in total. The van der Waals surface area contributed by atoms with Crippen LogP contribution in [0.4, 0.5) is 16.2 Å². The highest BCUT2D eigenvalue weighted by atomic mass is 16.6. The second-order valence-electron chi connectivity index (χ2n) is 6.92. The zero-order chi connectivity index (χ0) is 18.8. The molecule has 0 unspecified atom stereocenters. The van der Waals surface area contributed by atoms with Crippen LogP contribution in [0.15, 0.2) is 18.2 Å². The van der Waals surface area contributed by atoms with Crippen LogP contribution in [0.2, 0.25) is 0 Å². The van der Waals surface area contributed by atoms with Crippen LogP contribution < -0.4 is 15.1 Å². The fraction of sp³-hybridized carbons (Fsp3) is 0.526. The Morgan fingerprint density at radius 2 is 2.08 bits per heavy atom. The van der Waals surface area contributed by atoms with E-state index in [-0.39, 0.29) is 24.4 Å². The number of hydrogen-bond acceptors (Lipinski definition) is 4. The highest BCUT2D eigenvalue weighted by molar-refractivity contribution is 6.04. The molecule has 2 aliphatic heterocycles. The molecule has 26 heavy (non-hydrogen) atoms. The number of nitrogens with one attached hydrogen (secondary N) is 1. The monoisotopic (exact) mass is 359 g/mol. The molecule has 0 radical (unpaired) electrons. The van der Waals surface area contributed by atoms with Crippen LogP contribution in [0.3, 0.4) is 0 Å². The molecule has 1 aromatic carbocycles. The predicted octanol–water partition coefficient (Wildman–Crippen LogP) is 2.23. The minimum absolute atomic E-state index is 0.000891. The number of aryl methyl sites for hydroxylation is 1. The topological polar surface area (TPSA) is 79.0 Å². The Balaban J connectivity index is 1.87. The van der Waals surface area contributed by atoms with Crippen LogP contribution in [0.1, 0.15) is 39.2 Å². The Bertz CT molecular complexity index is 731. The van der Waals surface area contributed by atoms with Gasteiger partial charge in [-0.15, -0.1) is 0 Å². The molecule has 0 saturated carbocycles. The number of carbonyl (C=O) groups is 3. The van der Waals surface area contributed by atoms with Crippen LogP contribution in [0.25, 0.3) is 0 Å². The number of hydrogen-bond donors (Lipinski definition) is 1. The van der Waals surface area contributed by atoms with E-state index in [0.29, 0.717) is 31.5 Å². The number of cyclic esters (lactones) is 1. The van der Waals surface area contributed by atoms with Crippen LogP contribution in [-0.2, 0) is 20.7 Å². The molecule has 7 heteroatoms. The summed E-state index contributed by atoms with van der Waals surface area (Å²) in [4.78, 5) is 39.7. The number of rotatable bonds is 5. The maximum atomic E-state index is 12.5. The average molecular weight is 359 g/mol. The van der Waals surface area contributed by atoms with Crippen molar-refractivity contribution in [1.82, 2.24) is 5.32 Å². The molecule has 3 amide bonds. The van der Waals surface area contributed by atoms with Crippen molar-refractivity contribution in [2.45, 2.75) is 52.2 Å². The SMILES string of the molecule is CCC(=O)NC[C@H]1CN(c2cccc3c2N(C(C)C)C(=O)CC3)C(=O)O1. The van der Waals surface area contributed by atoms with Gasteiger partial charge >= 0.3 is 6.09 Å². The molecule has 0 aromatic heterocycles. The van der Waals surface area contributed by atoms with E-state index in [1.807, 2.05) is 32.0 Å². The van der Waals surface area contributed by atoms with Gasteiger partial charge in [0, 0.05) is 18.9 Å². The number of amides is 3. The van der Waals surface area contributed by atoms with E-state index in [9.17, 15) is 14.4 Å². The van der Waals surface area contributed by atoms with Gasteiger partial charge in [0.05, 0.1) is 24.5 Å². The summed E-state index contributed by atoms with van der Waals surface area (Å²) in [5, 5.41) is 2.76. The molecule has 1 aromatic rings. The summed E-state index contributed by atoms with van der Waals surface area (Å²) in [6.07, 6.45) is 0.688. The summed E-state index contributed by atoms with van der Waals surface area (Å²) in [5.74, 6) is -0.00700. The first-order valence-corrected chi connectivity index (χ1v) is 9.11. The lowest BCUT2D eigenvalue weighted by atomic mass is 9.98. The number of carbonyl (C=O) groups excluding carboxylic acids is 3. The second kappa shape index (κ2) is 7.35. The van der Waals surface area contributed by atoms with Crippen molar-refractivity contribution in [3.8, 4) is 0 Å². The Labute approximate surface area is 153 Å². The Kier molecular flexibility index (Phi) is 5.15. The van der Waals surface area contributed by atoms with E-state index >= 15 is 0 Å². The quantitative estimate of drug-likeness (QED) is 0.874. The standard InChI is InChI=1S/C19H25N3O4/c1-4-16(23)20-10-14-11-21(19(25)26-14)15-7-5-6-13-8-9-17(24)22(12(2)3)18(13)15/h5-7,12,14H,4,8-11H2,1-3H3,(H,20,23)/t14-/m0/s1. The maximum absolute atomic E-state index is 12.5. The van der Waals surface area contributed by atoms with Gasteiger partial charge in [0.25, 0.3) is 0 Å². The van der Waals surface area contributed by atoms with Gasteiger partial charge in [0.15, 0.2) is 0 Å². The zero-order valence-corrected chi connectivity index (χ0v) is 15.4. The number of benzene rings is 1. The molecule has 3 rings (SSSR count). The van der Waals surface area contributed by atoms with Gasteiger partial charge in [-0.25, -0.2) is 4.79 Å². The molecule has 2 heterocycles. The summed E-state index contributed by atoms with van der Waals surface area (Å²) in [6, 6.07) is 5.75. The molecular weight excluding hydrogens is 334 g/mol.